The molecule has 6 nitrogen and oxygen atoms in total. The number of nitrogen functional groups attached to an aromatic ring is 1. The standard InChI is InChI=1S/C17H24N4O2/c1-5-23-17(22)11(2)10-19-15-9-13(6-7-14(15)18)16-8-12(3)20-21(16)4/h6-9,11,19H,5,10,18H2,1-4H3/t11-/m1/s1. The molecule has 1 aromatic heterocycles. The summed E-state index contributed by atoms with van der Waals surface area (Å²) in [5, 5.41) is 7.59. The number of esters is 1. The van der Waals surface area contributed by atoms with E-state index in [9.17, 15) is 4.79 Å². The molecule has 0 spiro atoms. The van der Waals surface area contributed by atoms with Crippen LogP contribution in [0, 0.1) is 12.8 Å². The zero-order valence-corrected chi connectivity index (χ0v) is 14.1. The number of carbonyl (C=O) groups is 1. The van der Waals surface area contributed by atoms with Gasteiger partial charge in [-0.25, -0.2) is 0 Å². The molecule has 0 amide bonds. The van der Waals surface area contributed by atoms with Gasteiger partial charge < -0.3 is 15.8 Å². The molecule has 0 fully saturated rings. The number of ether oxygens (including phenoxy) is 1. The van der Waals surface area contributed by atoms with Crippen molar-refractivity contribution in [1.82, 2.24) is 9.78 Å². The van der Waals surface area contributed by atoms with Gasteiger partial charge in [0, 0.05) is 19.2 Å². The SMILES string of the molecule is CCOC(=O)[C@H](C)CNc1cc(-c2cc(C)nn2C)ccc1N. The number of benzene rings is 1. The van der Waals surface area contributed by atoms with Gasteiger partial charge in [-0.1, -0.05) is 13.0 Å². The van der Waals surface area contributed by atoms with Gasteiger partial charge in [-0.05, 0) is 32.0 Å². The summed E-state index contributed by atoms with van der Waals surface area (Å²) in [5.41, 5.74) is 10.5. The van der Waals surface area contributed by atoms with Crippen molar-refractivity contribution in [2.24, 2.45) is 13.0 Å². The fourth-order valence-electron chi connectivity index (χ4n) is 2.38. The van der Waals surface area contributed by atoms with E-state index in [1.807, 2.05) is 49.8 Å². The van der Waals surface area contributed by atoms with E-state index in [1.54, 1.807) is 6.92 Å². The molecule has 1 heterocycles. The Hall–Kier alpha value is -2.50. The molecule has 0 unspecified atom stereocenters. The fraction of sp³-hybridized carbons (Fsp3) is 0.412. The number of aryl methyl sites for hydroxylation is 2. The number of hydrogen-bond donors (Lipinski definition) is 2. The summed E-state index contributed by atoms with van der Waals surface area (Å²) >= 11 is 0. The molecule has 0 aliphatic carbocycles. The lowest BCUT2D eigenvalue weighted by Gasteiger charge is -2.15. The van der Waals surface area contributed by atoms with Crippen LogP contribution in [-0.2, 0) is 16.6 Å². The number of hydrogen-bond acceptors (Lipinski definition) is 5. The quantitative estimate of drug-likeness (QED) is 0.632. The molecule has 1 atom stereocenters. The van der Waals surface area contributed by atoms with Crippen LogP contribution in [0.2, 0.25) is 0 Å². The Kier molecular flexibility index (Phi) is 5.26. The van der Waals surface area contributed by atoms with Crippen LogP contribution in [0.5, 0.6) is 0 Å². The highest BCUT2D eigenvalue weighted by atomic mass is 16.5. The Morgan fingerprint density at radius 3 is 2.78 bits per heavy atom. The van der Waals surface area contributed by atoms with Crippen LogP contribution in [-0.4, -0.2) is 28.9 Å². The average molecular weight is 316 g/mol. The number of anilines is 2. The van der Waals surface area contributed by atoms with Crippen LogP contribution in [0.25, 0.3) is 11.3 Å². The zero-order valence-electron chi connectivity index (χ0n) is 14.1. The highest BCUT2D eigenvalue weighted by molar-refractivity contribution is 5.76. The van der Waals surface area contributed by atoms with E-state index < -0.39 is 0 Å². The molecule has 2 aromatic rings. The van der Waals surface area contributed by atoms with Gasteiger partial charge in [-0.15, -0.1) is 0 Å². The average Bonchev–Trinajstić information content (AvgIpc) is 2.85. The Labute approximate surface area is 136 Å². The van der Waals surface area contributed by atoms with Crippen LogP contribution < -0.4 is 11.1 Å². The van der Waals surface area contributed by atoms with Crippen molar-refractivity contribution in [3.63, 3.8) is 0 Å². The number of nitrogens with one attached hydrogen (secondary N) is 1. The van der Waals surface area contributed by atoms with Gasteiger partial charge in [0.05, 0.1) is 35.3 Å². The van der Waals surface area contributed by atoms with E-state index in [1.165, 1.54) is 0 Å². The van der Waals surface area contributed by atoms with Crippen molar-refractivity contribution in [2.75, 3.05) is 24.2 Å². The van der Waals surface area contributed by atoms with Crippen molar-refractivity contribution < 1.29 is 9.53 Å². The van der Waals surface area contributed by atoms with Crippen LogP contribution in [0.15, 0.2) is 24.3 Å². The van der Waals surface area contributed by atoms with Crippen LogP contribution in [0.3, 0.4) is 0 Å². The maximum absolute atomic E-state index is 11.7. The largest absolute Gasteiger partial charge is 0.466 e. The van der Waals surface area contributed by atoms with Crippen LogP contribution >= 0.6 is 0 Å². The highest BCUT2D eigenvalue weighted by Crippen LogP contribution is 2.27. The molecule has 0 aliphatic heterocycles. The molecule has 23 heavy (non-hydrogen) atoms. The van der Waals surface area contributed by atoms with Crippen molar-refractivity contribution in [1.29, 1.82) is 0 Å². The fourth-order valence-corrected chi connectivity index (χ4v) is 2.38. The summed E-state index contributed by atoms with van der Waals surface area (Å²) in [6, 6.07) is 7.82. The summed E-state index contributed by atoms with van der Waals surface area (Å²) in [5.74, 6) is -0.450. The first-order chi connectivity index (χ1) is 10.9. The number of nitrogens with zero attached hydrogens (tertiary/aromatic N) is 2. The minimum Gasteiger partial charge on any atom is -0.466 e. The lowest BCUT2D eigenvalue weighted by atomic mass is 10.1. The molecule has 0 radical (unpaired) electrons. The molecule has 124 valence electrons. The Morgan fingerprint density at radius 1 is 1.43 bits per heavy atom. The second kappa shape index (κ2) is 7.17. The van der Waals surface area contributed by atoms with Crippen molar-refractivity contribution >= 4 is 17.3 Å². The number of rotatable bonds is 6. The Balaban J connectivity index is 2.15. The third-order valence-electron chi connectivity index (χ3n) is 3.64. The van der Waals surface area contributed by atoms with Gasteiger partial charge in [-0.2, -0.15) is 5.10 Å². The summed E-state index contributed by atoms with van der Waals surface area (Å²) in [7, 11) is 1.91. The zero-order chi connectivity index (χ0) is 17.0. The molecule has 0 saturated carbocycles. The van der Waals surface area contributed by atoms with E-state index in [0.717, 1.165) is 22.6 Å². The predicted octanol–water partition coefficient (Wildman–Crippen LogP) is 2.59. The third-order valence-corrected chi connectivity index (χ3v) is 3.64. The molecule has 2 rings (SSSR count). The van der Waals surface area contributed by atoms with E-state index in [-0.39, 0.29) is 11.9 Å². The first-order valence-corrected chi connectivity index (χ1v) is 7.73. The van der Waals surface area contributed by atoms with Crippen molar-refractivity contribution in [3.8, 4) is 11.3 Å². The lowest BCUT2D eigenvalue weighted by molar-refractivity contribution is -0.146. The monoisotopic (exact) mass is 316 g/mol. The molecular weight excluding hydrogens is 292 g/mol. The van der Waals surface area contributed by atoms with Crippen LogP contribution in [0.1, 0.15) is 19.5 Å². The first kappa shape index (κ1) is 16.9. The molecule has 3 N–H and O–H groups in total. The maximum Gasteiger partial charge on any atom is 0.310 e. The van der Waals surface area contributed by atoms with Gasteiger partial charge in [0.15, 0.2) is 0 Å². The molecule has 0 bridgehead atoms. The van der Waals surface area contributed by atoms with E-state index in [0.29, 0.717) is 18.8 Å². The topological polar surface area (TPSA) is 82.2 Å². The summed E-state index contributed by atoms with van der Waals surface area (Å²) < 4.78 is 6.85. The minimum absolute atomic E-state index is 0.211. The molecule has 0 aliphatic rings. The molecule has 1 aromatic carbocycles. The highest BCUT2D eigenvalue weighted by Gasteiger charge is 2.14. The predicted molar refractivity (Wildman–Crippen MR) is 92.1 cm³/mol. The Morgan fingerprint density at radius 2 is 2.17 bits per heavy atom. The summed E-state index contributed by atoms with van der Waals surface area (Å²) in [4.78, 5) is 11.7. The van der Waals surface area contributed by atoms with Gasteiger partial charge >= 0.3 is 5.97 Å². The van der Waals surface area contributed by atoms with E-state index >= 15 is 0 Å². The molecule has 6 heteroatoms. The normalized spacial score (nSPS) is 12.0. The van der Waals surface area contributed by atoms with Gasteiger partial charge in [0.1, 0.15) is 0 Å². The maximum atomic E-state index is 11.7. The lowest BCUT2D eigenvalue weighted by Crippen LogP contribution is -2.22. The van der Waals surface area contributed by atoms with E-state index in [4.69, 9.17) is 10.5 Å². The van der Waals surface area contributed by atoms with E-state index in [2.05, 4.69) is 10.4 Å². The third kappa shape index (κ3) is 4.03. The Bertz CT molecular complexity index is 694. The number of carbonyl (C=O) groups excluding carboxylic acids is 1. The summed E-state index contributed by atoms with van der Waals surface area (Å²) in [6.07, 6.45) is 0. The number of nitrogens with two attached hydrogens (primary N) is 1. The molecule has 0 saturated heterocycles. The van der Waals surface area contributed by atoms with Gasteiger partial charge in [-0.3, -0.25) is 9.48 Å². The second-order valence-corrected chi connectivity index (χ2v) is 5.63. The molecular formula is C17H24N4O2. The summed E-state index contributed by atoms with van der Waals surface area (Å²) in [6.45, 7) is 6.45. The van der Waals surface area contributed by atoms with Gasteiger partial charge in [0.2, 0.25) is 0 Å². The smallest absolute Gasteiger partial charge is 0.310 e. The number of aromatic nitrogens is 2. The minimum atomic E-state index is -0.239. The van der Waals surface area contributed by atoms with Crippen molar-refractivity contribution in [2.45, 2.75) is 20.8 Å². The second-order valence-electron chi connectivity index (χ2n) is 5.63. The van der Waals surface area contributed by atoms with Gasteiger partial charge in [0.25, 0.3) is 0 Å². The van der Waals surface area contributed by atoms with Crippen LogP contribution in [0.4, 0.5) is 11.4 Å². The van der Waals surface area contributed by atoms with Crippen molar-refractivity contribution in [3.05, 3.63) is 30.0 Å². The first-order valence-electron chi connectivity index (χ1n) is 7.73.